The molecule has 0 bridgehead atoms. The van der Waals surface area contributed by atoms with Gasteiger partial charge in [0, 0.05) is 13.1 Å². The van der Waals surface area contributed by atoms with Crippen LogP contribution in [0.4, 0.5) is 0 Å². The third-order valence-corrected chi connectivity index (χ3v) is 6.33. The van der Waals surface area contributed by atoms with Crippen LogP contribution in [0.1, 0.15) is 34.6 Å². The van der Waals surface area contributed by atoms with Crippen LogP contribution >= 0.6 is 27.8 Å². The van der Waals surface area contributed by atoms with E-state index in [1.165, 1.54) is 0 Å². The monoisotopic (exact) mass is 534 g/mol. The standard InChI is InChI=1S/C9H18NO4P.C6H15O3P.C5H8ClNO/c1-4-7-10-9(11)8-15(12,13-5-2)14-6-3;1-4-7-10(8-5-2)9-6-3;1-2-3-7-5(8)4-6/h4H,1,5-8H2,2-3H3,(H,10,11);4-6H2,1-3H3;2H,1,3-4H2,(H,7,8). The Bertz CT molecular complexity index is 532. The van der Waals surface area contributed by atoms with Crippen molar-refractivity contribution in [1.82, 2.24) is 10.6 Å². The number of hydrogen-bond donors (Lipinski definition) is 2. The first kappa shape index (κ1) is 36.7. The number of carbonyl (C=O) groups excluding carboxylic acids is 2. The van der Waals surface area contributed by atoms with Crippen molar-refractivity contribution < 1.29 is 36.8 Å². The topological polar surface area (TPSA) is 121 Å². The summed E-state index contributed by atoms with van der Waals surface area (Å²) < 4.78 is 37.2. The van der Waals surface area contributed by atoms with E-state index < -0.39 is 16.2 Å². The lowest BCUT2D eigenvalue weighted by Crippen LogP contribution is -2.27. The maximum atomic E-state index is 11.9. The predicted octanol–water partition coefficient (Wildman–Crippen LogP) is 4.40. The molecular formula is C20H41ClN2O8P2. The van der Waals surface area contributed by atoms with E-state index in [1.807, 2.05) is 20.8 Å². The van der Waals surface area contributed by atoms with Gasteiger partial charge in [-0.05, 0) is 34.6 Å². The molecule has 0 rings (SSSR count). The Morgan fingerprint density at radius 1 is 0.818 bits per heavy atom. The molecule has 0 aliphatic heterocycles. The molecule has 196 valence electrons. The van der Waals surface area contributed by atoms with Crippen molar-refractivity contribution in [2.45, 2.75) is 34.6 Å². The molecule has 0 heterocycles. The third kappa shape index (κ3) is 27.3. The van der Waals surface area contributed by atoms with Crippen LogP contribution < -0.4 is 10.6 Å². The molecule has 0 fully saturated rings. The minimum absolute atomic E-state index is 0.0217. The highest BCUT2D eigenvalue weighted by molar-refractivity contribution is 7.54. The lowest BCUT2D eigenvalue weighted by atomic mass is 10.6. The summed E-state index contributed by atoms with van der Waals surface area (Å²) in [4.78, 5) is 21.6. The van der Waals surface area contributed by atoms with Gasteiger partial charge in [-0.1, -0.05) is 12.2 Å². The summed E-state index contributed by atoms with van der Waals surface area (Å²) in [5.41, 5.74) is 0. The van der Waals surface area contributed by atoms with Crippen molar-refractivity contribution >= 4 is 39.6 Å². The van der Waals surface area contributed by atoms with Crippen LogP contribution in [0.15, 0.2) is 25.3 Å². The number of hydrogen-bond acceptors (Lipinski definition) is 8. The molecule has 2 amide bonds. The average molecular weight is 535 g/mol. The van der Waals surface area contributed by atoms with E-state index in [9.17, 15) is 14.2 Å². The molecule has 0 spiro atoms. The van der Waals surface area contributed by atoms with Gasteiger partial charge < -0.3 is 33.3 Å². The van der Waals surface area contributed by atoms with Crippen molar-refractivity contribution in [3.8, 4) is 0 Å². The molecular weight excluding hydrogens is 494 g/mol. The second kappa shape index (κ2) is 27.4. The second-order valence-corrected chi connectivity index (χ2v) is 8.94. The van der Waals surface area contributed by atoms with E-state index in [1.54, 1.807) is 26.0 Å². The SMILES string of the molecule is C=CCNC(=O)CCl.C=CCNC(=O)CP(=O)(OCC)OCC.CCOP(OCC)OCC. The van der Waals surface area contributed by atoms with Crippen LogP contribution in [-0.2, 0) is 36.8 Å². The van der Waals surface area contributed by atoms with Crippen LogP contribution in [0.25, 0.3) is 0 Å². The normalized spacial score (nSPS) is 10.3. The molecule has 0 aromatic rings. The van der Waals surface area contributed by atoms with Crippen LogP contribution in [0.5, 0.6) is 0 Å². The molecule has 33 heavy (non-hydrogen) atoms. The van der Waals surface area contributed by atoms with Crippen LogP contribution in [0.3, 0.4) is 0 Å². The average Bonchev–Trinajstić information content (AvgIpc) is 2.77. The number of rotatable bonds is 17. The number of carbonyl (C=O) groups is 2. The molecule has 0 aromatic heterocycles. The van der Waals surface area contributed by atoms with Gasteiger partial charge in [-0.15, -0.1) is 24.8 Å². The molecule has 0 saturated heterocycles. The van der Waals surface area contributed by atoms with Crippen LogP contribution in [-0.4, -0.2) is 70.0 Å². The van der Waals surface area contributed by atoms with Crippen molar-refractivity contribution in [2.75, 3.05) is 58.2 Å². The van der Waals surface area contributed by atoms with E-state index in [2.05, 4.69) is 23.8 Å². The van der Waals surface area contributed by atoms with Gasteiger partial charge >= 0.3 is 16.2 Å². The Morgan fingerprint density at radius 3 is 1.52 bits per heavy atom. The fraction of sp³-hybridized carbons (Fsp3) is 0.700. The molecule has 13 heteroatoms. The smallest absolute Gasteiger partial charge is 0.340 e. The number of nitrogens with one attached hydrogen (secondary N) is 2. The fourth-order valence-electron chi connectivity index (χ4n) is 1.60. The summed E-state index contributed by atoms with van der Waals surface area (Å²) >= 11 is 5.14. The van der Waals surface area contributed by atoms with Crippen molar-refractivity contribution in [2.24, 2.45) is 0 Å². The lowest BCUT2D eigenvalue weighted by molar-refractivity contribution is -0.119. The fourth-order valence-corrected chi connectivity index (χ4v) is 4.06. The lowest BCUT2D eigenvalue weighted by Gasteiger charge is -2.16. The molecule has 0 saturated carbocycles. The minimum atomic E-state index is -3.26. The summed E-state index contributed by atoms with van der Waals surface area (Å²) in [7, 11) is -4.32. The Morgan fingerprint density at radius 2 is 1.21 bits per heavy atom. The Balaban J connectivity index is -0.000000435. The van der Waals surface area contributed by atoms with E-state index in [-0.39, 0.29) is 37.1 Å². The van der Waals surface area contributed by atoms with Gasteiger partial charge in [0.2, 0.25) is 11.8 Å². The van der Waals surface area contributed by atoms with Crippen molar-refractivity contribution in [1.29, 1.82) is 0 Å². The van der Waals surface area contributed by atoms with Gasteiger partial charge in [-0.25, -0.2) is 0 Å². The first-order valence-electron chi connectivity index (χ1n) is 10.6. The zero-order valence-electron chi connectivity index (χ0n) is 20.5. The largest absolute Gasteiger partial charge is 0.352 e. The third-order valence-electron chi connectivity index (χ3n) is 2.70. The van der Waals surface area contributed by atoms with Gasteiger partial charge in [0.25, 0.3) is 0 Å². The summed E-state index contributed by atoms with van der Waals surface area (Å²) in [5, 5.41) is 5.01. The Labute approximate surface area is 205 Å². The predicted molar refractivity (Wildman–Crippen MR) is 135 cm³/mol. The number of amides is 2. The maximum absolute atomic E-state index is 11.9. The Hall–Kier alpha value is -0.830. The van der Waals surface area contributed by atoms with E-state index in [0.717, 1.165) is 0 Å². The summed E-state index contributed by atoms with van der Waals surface area (Å²) in [6.45, 7) is 19.3. The zero-order chi connectivity index (χ0) is 26.0. The van der Waals surface area contributed by atoms with Gasteiger partial charge in [0.1, 0.15) is 12.0 Å². The highest BCUT2D eigenvalue weighted by Gasteiger charge is 2.27. The summed E-state index contributed by atoms with van der Waals surface area (Å²) in [5.74, 6) is -0.500. The maximum Gasteiger partial charge on any atom is 0.340 e. The molecule has 0 atom stereocenters. The summed E-state index contributed by atoms with van der Waals surface area (Å²) in [6.07, 6.45) is 2.90. The zero-order valence-corrected chi connectivity index (χ0v) is 23.0. The first-order valence-corrected chi connectivity index (χ1v) is 14.0. The van der Waals surface area contributed by atoms with Gasteiger partial charge in [-0.2, -0.15) is 0 Å². The molecule has 0 aromatic carbocycles. The molecule has 0 radical (unpaired) electrons. The summed E-state index contributed by atoms with van der Waals surface area (Å²) in [6, 6.07) is 0. The first-order chi connectivity index (χ1) is 15.7. The molecule has 0 aliphatic carbocycles. The van der Waals surface area contributed by atoms with E-state index in [0.29, 0.717) is 32.9 Å². The van der Waals surface area contributed by atoms with Crippen molar-refractivity contribution in [3.05, 3.63) is 25.3 Å². The van der Waals surface area contributed by atoms with Gasteiger partial charge in [-0.3, -0.25) is 14.2 Å². The van der Waals surface area contributed by atoms with Gasteiger partial charge in [0.05, 0.1) is 33.0 Å². The second-order valence-electron chi connectivity index (χ2n) is 5.40. The quantitative estimate of drug-likeness (QED) is 0.160. The van der Waals surface area contributed by atoms with Gasteiger partial charge in [0.15, 0.2) is 0 Å². The molecule has 0 aliphatic rings. The number of halogens is 1. The highest BCUT2D eigenvalue weighted by atomic mass is 35.5. The van der Waals surface area contributed by atoms with Crippen LogP contribution in [0, 0.1) is 0 Å². The van der Waals surface area contributed by atoms with E-state index >= 15 is 0 Å². The van der Waals surface area contributed by atoms with E-state index in [4.69, 9.17) is 34.2 Å². The molecule has 10 nitrogen and oxygen atoms in total. The number of alkyl halides is 1. The molecule has 0 unspecified atom stereocenters. The van der Waals surface area contributed by atoms with Crippen molar-refractivity contribution in [3.63, 3.8) is 0 Å². The Kier molecular flexibility index (Phi) is 30.5. The minimum Gasteiger partial charge on any atom is -0.352 e. The highest BCUT2D eigenvalue weighted by Crippen LogP contribution is 2.47. The van der Waals surface area contributed by atoms with Crippen LogP contribution in [0.2, 0.25) is 0 Å². The molecule has 2 N–H and O–H groups in total.